The van der Waals surface area contributed by atoms with Crippen molar-refractivity contribution in [3.05, 3.63) is 41.5 Å². The number of amides is 1. The van der Waals surface area contributed by atoms with Crippen LogP contribution >= 0.6 is 0 Å². The van der Waals surface area contributed by atoms with Gasteiger partial charge in [-0.25, -0.2) is 0 Å². The SMILES string of the molecule is CCCCCCCCCCCCCCCCCCc1c(C(N)=O)cc2ccccc2c1O. The minimum atomic E-state index is -0.461. The molecule has 3 heteroatoms. The van der Waals surface area contributed by atoms with Gasteiger partial charge in [0.2, 0.25) is 5.91 Å². The summed E-state index contributed by atoms with van der Waals surface area (Å²) in [7, 11) is 0. The van der Waals surface area contributed by atoms with Gasteiger partial charge in [-0.2, -0.15) is 0 Å². The summed E-state index contributed by atoms with van der Waals surface area (Å²) in [6.07, 6.45) is 22.0. The Morgan fingerprint density at radius 2 is 1.22 bits per heavy atom. The molecular weight excluding hydrogens is 394 g/mol. The van der Waals surface area contributed by atoms with Gasteiger partial charge in [0.05, 0.1) is 0 Å². The van der Waals surface area contributed by atoms with Crippen LogP contribution in [0.4, 0.5) is 0 Å². The first-order valence-electron chi connectivity index (χ1n) is 13.2. The van der Waals surface area contributed by atoms with Gasteiger partial charge in [-0.3, -0.25) is 4.79 Å². The molecule has 0 atom stereocenters. The second-order valence-electron chi connectivity index (χ2n) is 9.39. The van der Waals surface area contributed by atoms with Crippen LogP contribution in [0.25, 0.3) is 10.8 Å². The van der Waals surface area contributed by atoms with Crippen molar-refractivity contribution in [1.82, 2.24) is 0 Å². The lowest BCUT2D eigenvalue weighted by atomic mass is 9.94. The first-order chi connectivity index (χ1) is 15.6. The summed E-state index contributed by atoms with van der Waals surface area (Å²) in [6, 6.07) is 9.43. The Kier molecular flexibility index (Phi) is 12.9. The van der Waals surface area contributed by atoms with Gasteiger partial charge in [0, 0.05) is 16.5 Å². The summed E-state index contributed by atoms with van der Waals surface area (Å²) in [5.74, 6) is -0.240. The molecule has 2 aromatic carbocycles. The van der Waals surface area contributed by atoms with Gasteiger partial charge >= 0.3 is 0 Å². The van der Waals surface area contributed by atoms with Crippen molar-refractivity contribution in [3.8, 4) is 5.75 Å². The number of hydrogen-bond donors (Lipinski definition) is 2. The third-order valence-corrected chi connectivity index (χ3v) is 6.67. The molecule has 32 heavy (non-hydrogen) atoms. The highest BCUT2D eigenvalue weighted by Crippen LogP contribution is 2.33. The molecule has 3 nitrogen and oxygen atoms in total. The number of primary amides is 1. The fraction of sp³-hybridized carbons (Fsp3) is 0.621. The molecule has 0 heterocycles. The molecule has 0 bridgehead atoms. The van der Waals surface area contributed by atoms with Gasteiger partial charge in [-0.15, -0.1) is 0 Å². The van der Waals surface area contributed by atoms with E-state index in [4.69, 9.17) is 5.73 Å². The maximum Gasteiger partial charge on any atom is 0.249 e. The van der Waals surface area contributed by atoms with Crippen LogP contribution in [0.2, 0.25) is 0 Å². The van der Waals surface area contributed by atoms with E-state index in [-0.39, 0.29) is 5.75 Å². The van der Waals surface area contributed by atoms with Gasteiger partial charge in [0.25, 0.3) is 0 Å². The molecule has 0 spiro atoms. The van der Waals surface area contributed by atoms with Crippen molar-refractivity contribution in [2.24, 2.45) is 5.73 Å². The van der Waals surface area contributed by atoms with E-state index in [9.17, 15) is 9.90 Å². The van der Waals surface area contributed by atoms with Gasteiger partial charge in [-0.1, -0.05) is 128 Å². The van der Waals surface area contributed by atoms with Crippen LogP contribution in [0.5, 0.6) is 5.75 Å². The van der Waals surface area contributed by atoms with Crippen molar-refractivity contribution in [1.29, 1.82) is 0 Å². The molecule has 0 aliphatic heterocycles. The summed E-state index contributed by atoms with van der Waals surface area (Å²) >= 11 is 0. The van der Waals surface area contributed by atoms with Crippen molar-refractivity contribution >= 4 is 16.7 Å². The van der Waals surface area contributed by atoms with E-state index in [1.54, 1.807) is 0 Å². The molecule has 0 aliphatic carbocycles. The smallest absolute Gasteiger partial charge is 0.249 e. The quantitative estimate of drug-likeness (QED) is 0.229. The van der Waals surface area contributed by atoms with Crippen molar-refractivity contribution < 1.29 is 9.90 Å². The monoisotopic (exact) mass is 439 g/mol. The number of unbranched alkanes of at least 4 members (excludes halogenated alkanes) is 15. The van der Waals surface area contributed by atoms with Crippen LogP contribution in [0, 0.1) is 0 Å². The Labute approximate surface area is 195 Å². The van der Waals surface area contributed by atoms with E-state index >= 15 is 0 Å². The highest BCUT2D eigenvalue weighted by molar-refractivity contribution is 6.02. The maximum absolute atomic E-state index is 11.9. The molecule has 3 N–H and O–H groups in total. The summed E-state index contributed by atoms with van der Waals surface area (Å²) in [5.41, 5.74) is 6.76. The third kappa shape index (κ3) is 9.22. The average molecular weight is 440 g/mol. The van der Waals surface area contributed by atoms with Gasteiger partial charge < -0.3 is 10.8 Å². The summed E-state index contributed by atoms with van der Waals surface area (Å²) in [6.45, 7) is 2.28. The van der Waals surface area contributed by atoms with Gasteiger partial charge in [0.15, 0.2) is 0 Å². The number of carbonyl (C=O) groups excluding carboxylic acids is 1. The highest BCUT2D eigenvalue weighted by Gasteiger charge is 2.15. The number of phenolic OH excluding ortho intramolecular Hbond substituents is 1. The van der Waals surface area contributed by atoms with Crippen LogP contribution in [-0.4, -0.2) is 11.0 Å². The van der Waals surface area contributed by atoms with Crippen LogP contribution in [0.1, 0.15) is 126 Å². The first kappa shape index (κ1) is 26.2. The number of carbonyl (C=O) groups is 1. The minimum Gasteiger partial charge on any atom is -0.507 e. The summed E-state index contributed by atoms with van der Waals surface area (Å²) in [5, 5.41) is 12.3. The molecule has 0 radical (unpaired) electrons. The van der Waals surface area contributed by atoms with E-state index in [0.717, 1.165) is 23.6 Å². The van der Waals surface area contributed by atoms with Gasteiger partial charge in [0.1, 0.15) is 5.75 Å². The van der Waals surface area contributed by atoms with Crippen LogP contribution in [0.15, 0.2) is 30.3 Å². The van der Waals surface area contributed by atoms with E-state index in [2.05, 4.69) is 6.92 Å². The molecule has 0 unspecified atom stereocenters. The largest absolute Gasteiger partial charge is 0.507 e. The molecular formula is C29H45NO2. The maximum atomic E-state index is 11.9. The zero-order chi connectivity index (χ0) is 23.0. The Balaban J connectivity index is 1.54. The van der Waals surface area contributed by atoms with Crippen LogP contribution in [0.3, 0.4) is 0 Å². The number of benzene rings is 2. The second kappa shape index (κ2) is 15.7. The zero-order valence-corrected chi connectivity index (χ0v) is 20.3. The molecule has 0 saturated heterocycles. The number of aromatic hydroxyl groups is 1. The second-order valence-corrected chi connectivity index (χ2v) is 9.39. The molecule has 0 aromatic heterocycles. The number of nitrogens with two attached hydrogens (primary N) is 1. The van der Waals surface area contributed by atoms with Crippen molar-refractivity contribution in [2.75, 3.05) is 0 Å². The Morgan fingerprint density at radius 1 is 0.750 bits per heavy atom. The molecule has 1 amide bonds. The number of fused-ring (bicyclic) bond motifs is 1. The van der Waals surface area contributed by atoms with Crippen LogP contribution in [-0.2, 0) is 6.42 Å². The predicted molar refractivity (Wildman–Crippen MR) is 137 cm³/mol. The number of phenols is 1. The lowest BCUT2D eigenvalue weighted by Crippen LogP contribution is -2.14. The fourth-order valence-corrected chi connectivity index (χ4v) is 4.69. The third-order valence-electron chi connectivity index (χ3n) is 6.67. The normalized spacial score (nSPS) is 11.3. The zero-order valence-electron chi connectivity index (χ0n) is 20.3. The van der Waals surface area contributed by atoms with E-state index in [1.807, 2.05) is 30.3 Å². The number of hydrogen-bond acceptors (Lipinski definition) is 2. The lowest BCUT2D eigenvalue weighted by Gasteiger charge is -2.12. The summed E-state index contributed by atoms with van der Waals surface area (Å²) < 4.78 is 0. The minimum absolute atomic E-state index is 0.220. The van der Waals surface area contributed by atoms with Crippen molar-refractivity contribution in [3.63, 3.8) is 0 Å². The highest BCUT2D eigenvalue weighted by atomic mass is 16.3. The molecule has 0 fully saturated rings. The summed E-state index contributed by atoms with van der Waals surface area (Å²) in [4.78, 5) is 11.9. The Morgan fingerprint density at radius 3 is 1.72 bits per heavy atom. The topological polar surface area (TPSA) is 63.3 Å². The van der Waals surface area contributed by atoms with Gasteiger partial charge in [-0.05, 0) is 24.3 Å². The predicted octanol–water partition coefficient (Wildman–Crippen LogP) is 8.45. The Hall–Kier alpha value is -2.03. The molecule has 0 aliphatic rings. The molecule has 2 rings (SSSR count). The average Bonchev–Trinajstić information content (AvgIpc) is 2.79. The number of rotatable bonds is 18. The van der Waals surface area contributed by atoms with E-state index in [0.29, 0.717) is 17.5 Å². The van der Waals surface area contributed by atoms with Crippen LogP contribution < -0.4 is 5.73 Å². The van der Waals surface area contributed by atoms with E-state index in [1.165, 1.54) is 89.9 Å². The molecule has 0 saturated carbocycles. The van der Waals surface area contributed by atoms with Crippen molar-refractivity contribution in [2.45, 2.75) is 116 Å². The Bertz CT molecular complexity index is 799. The fourth-order valence-electron chi connectivity index (χ4n) is 4.69. The molecule has 2 aromatic rings. The molecule has 178 valence electrons. The first-order valence-corrected chi connectivity index (χ1v) is 13.2. The lowest BCUT2D eigenvalue weighted by molar-refractivity contribution is 0.0999. The van der Waals surface area contributed by atoms with E-state index < -0.39 is 5.91 Å². The standard InChI is InChI=1S/C29H45NO2/c1-2-3-4-5-6-7-8-9-10-11-12-13-14-15-16-17-22-26-27(29(30)32)23-24-20-18-19-21-25(24)28(26)31/h18-21,23,31H,2-17,22H2,1H3,(H2,30,32).